The molecule has 0 aliphatic rings. The molecule has 2 rings (SSSR count). The normalized spacial score (nSPS) is 10.8. The Bertz CT molecular complexity index is 635. The molecule has 2 N–H and O–H groups in total. The second kappa shape index (κ2) is 6.38. The van der Waals surface area contributed by atoms with Gasteiger partial charge in [-0.2, -0.15) is 4.98 Å². The molecule has 0 aliphatic carbocycles. The summed E-state index contributed by atoms with van der Waals surface area (Å²) in [5.74, 6) is 0.763. The molecule has 114 valence electrons. The van der Waals surface area contributed by atoms with Crippen LogP contribution in [-0.2, 0) is 11.3 Å². The van der Waals surface area contributed by atoms with Gasteiger partial charge in [0.15, 0.2) is 11.2 Å². The minimum absolute atomic E-state index is 0.0854. The fraction of sp³-hybridized carbons (Fsp3) is 0.538. The summed E-state index contributed by atoms with van der Waals surface area (Å²) in [6, 6.07) is 0. The van der Waals surface area contributed by atoms with Crippen LogP contribution >= 0.6 is 0 Å². The monoisotopic (exact) mass is 292 g/mol. The molecular formula is C13H20N6O2. The van der Waals surface area contributed by atoms with Crippen LogP contribution in [0.5, 0.6) is 5.88 Å². The van der Waals surface area contributed by atoms with E-state index in [1.807, 2.05) is 13.8 Å². The Morgan fingerprint density at radius 3 is 2.71 bits per heavy atom. The van der Waals surface area contributed by atoms with Gasteiger partial charge >= 0.3 is 0 Å². The van der Waals surface area contributed by atoms with Crippen molar-refractivity contribution < 1.29 is 9.53 Å². The van der Waals surface area contributed by atoms with E-state index in [1.165, 1.54) is 13.4 Å². The maximum absolute atomic E-state index is 12.1. The first kappa shape index (κ1) is 15.0. The Balaban J connectivity index is 2.23. The first-order valence-electron chi connectivity index (χ1n) is 6.90. The van der Waals surface area contributed by atoms with E-state index in [9.17, 15) is 4.79 Å². The molecule has 1 amide bonds. The van der Waals surface area contributed by atoms with E-state index in [0.29, 0.717) is 49.0 Å². The molecule has 2 aromatic rings. The van der Waals surface area contributed by atoms with Gasteiger partial charge in [-0.15, -0.1) is 0 Å². The van der Waals surface area contributed by atoms with E-state index in [1.54, 1.807) is 9.47 Å². The minimum atomic E-state index is 0.0854. The molecule has 0 spiro atoms. The number of rotatable bonds is 6. The van der Waals surface area contributed by atoms with Crippen molar-refractivity contribution in [3.05, 3.63) is 6.33 Å². The number of anilines is 1. The highest BCUT2D eigenvalue weighted by molar-refractivity contribution is 5.80. The van der Waals surface area contributed by atoms with Crippen molar-refractivity contribution in [2.45, 2.75) is 26.8 Å². The summed E-state index contributed by atoms with van der Waals surface area (Å²) in [7, 11) is 1.51. The van der Waals surface area contributed by atoms with Crippen molar-refractivity contribution in [3.63, 3.8) is 0 Å². The summed E-state index contributed by atoms with van der Waals surface area (Å²) in [6.07, 6.45) is 1.74. The van der Waals surface area contributed by atoms with Crippen molar-refractivity contribution in [1.29, 1.82) is 0 Å². The zero-order valence-electron chi connectivity index (χ0n) is 12.5. The maximum Gasteiger partial charge on any atom is 0.245 e. The molecule has 8 heteroatoms. The van der Waals surface area contributed by atoms with Crippen LogP contribution in [0.2, 0.25) is 0 Å². The molecule has 0 saturated carbocycles. The predicted octanol–water partition coefficient (Wildman–Crippen LogP) is 0.676. The summed E-state index contributed by atoms with van der Waals surface area (Å²) in [5, 5.41) is 0. The number of aryl methyl sites for hydroxylation is 1. The van der Waals surface area contributed by atoms with Crippen LogP contribution in [0.1, 0.15) is 20.3 Å². The van der Waals surface area contributed by atoms with Gasteiger partial charge in [-0.1, -0.05) is 0 Å². The zero-order valence-corrected chi connectivity index (χ0v) is 12.5. The average Bonchev–Trinajstić information content (AvgIpc) is 2.81. The second-order valence-corrected chi connectivity index (χ2v) is 4.49. The van der Waals surface area contributed by atoms with E-state index in [4.69, 9.17) is 10.5 Å². The van der Waals surface area contributed by atoms with E-state index in [0.717, 1.165) is 0 Å². The third-order valence-corrected chi connectivity index (χ3v) is 3.39. The van der Waals surface area contributed by atoms with Gasteiger partial charge in [0, 0.05) is 26.1 Å². The lowest BCUT2D eigenvalue weighted by atomic mass is 10.3. The van der Waals surface area contributed by atoms with Crippen LogP contribution in [0.4, 0.5) is 5.95 Å². The topological polar surface area (TPSA) is 99.2 Å². The summed E-state index contributed by atoms with van der Waals surface area (Å²) >= 11 is 0. The quantitative estimate of drug-likeness (QED) is 0.840. The molecule has 21 heavy (non-hydrogen) atoms. The Morgan fingerprint density at radius 2 is 2.10 bits per heavy atom. The molecule has 2 heterocycles. The summed E-state index contributed by atoms with van der Waals surface area (Å²) in [6.45, 7) is 5.75. The van der Waals surface area contributed by atoms with Crippen molar-refractivity contribution in [1.82, 2.24) is 24.4 Å². The van der Waals surface area contributed by atoms with E-state index in [-0.39, 0.29) is 5.91 Å². The van der Waals surface area contributed by atoms with Gasteiger partial charge in [0.05, 0.1) is 7.11 Å². The van der Waals surface area contributed by atoms with Crippen molar-refractivity contribution in [3.8, 4) is 5.88 Å². The van der Waals surface area contributed by atoms with Crippen LogP contribution < -0.4 is 10.5 Å². The van der Waals surface area contributed by atoms with Crippen molar-refractivity contribution in [2.75, 3.05) is 25.9 Å². The minimum Gasteiger partial charge on any atom is -0.479 e. The molecule has 2 aromatic heterocycles. The highest BCUT2D eigenvalue weighted by atomic mass is 16.5. The molecule has 0 bridgehead atoms. The second-order valence-electron chi connectivity index (χ2n) is 4.49. The van der Waals surface area contributed by atoms with E-state index in [2.05, 4.69) is 15.0 Å². The highest BCUT2D eigenvalue weighted by Crippen LogP contribution is 2.22. The van der Waals surface area contributed by atoms with Crippen molar-refractivity contribution in [2.24, 2.45) is 0 Å². The van der Waals surface area contributed by atoms with Gasteiger partial charge in [0.2, 0.25) is 17.7 Å². The maximum atomic E-state index is 12.1. The summed E-state index contributed by atoms with van der Waals surface area (Å²) < 4.78 is 6.85. The van der Waals surface area contributed by atoms with E-state index >= 15 is 0 Å². The number of methoxy groups -OCH3 is 1. The lowest BCUT2D eigenvalue weighted by Crippen LogP contribution is -2.31. The fourth-order valence-corrected chi connectivity index (χ4v) is 2.24. The van der Waals surface area contributed by atoms with Gasteiger partial charge in [-0.25, -0.2) is 9.97 Å². The molecular weight excluding hydrogens is 272 g/mol. The number of imidazole rings is 1. The number of fused-ring (bicyclic) bond motifs is 1. The first-order chi connectivity index (χ1) is 10.1. The molecule has 0 aromatic carbocycles. The number of hydrogen-bond donors (Lipinski definition) is 1. The highest BCUT2D eigenvalue weighted by Gasteiger charge is 2.16. The zero-order chi connectivity index (χ0) is 15.4. The lowest BCUT2D eigenvalue weighted by Gasteiger charge is -2.18. The number of nitrogen functional groups attached to an aromatic ring is 1. The molecule has 0 atom stereocenters. The number of carbonyl (C=O) groups is 1. The Hall–Kier alpha value is -2.38. The van der Waals surface area contributed by atoms with Crippen LogP contribution in [0.3, 0.4) is 0 Å². The Labute approximate surface area is 122 Å². The molecule has 0 unspecified atom stereocenters. The van der Waals surface area contributed by atoms with Gasteiger partial charge in [-0.3, -0.25) is 9.36 Å². The van der Waals surface area contributed by atoms with Gasteiger partial charge in [0.25, 0.3) is 0 Å². The largest absolute Gasteiger partial charge is 0.479 e. The van der Waals surface area contributed by atoms with Gasteiger partial charge in [-0.05, 0) is 13.8 Å². The SMILES string of the molecule is CCN(CC)C(=O)CCn1c(N)nc2c(OC)ncnc21. The van der Waals surface area contributed by atoms with Crippen LogP contribution in [-0.4, -0.2) is 50.5 Å². The predicted molar refractivity (Wildman–Crippen MR) is 78.8 cm³/mol. The molecule has 0 aliphatic heterocycles. The average molecular weight is 292 g/mol. The number of amides is 1. The molecule has 8 nitrogen and oxygen atoms in total. The van der Waals surface area contributed by atoms with Crippen LogP contribution in [0, 0.1) is 0 Å². The van der Waals surface area contributed by atoms with Gasteiger partial charge < -0.3 is 15.4 Å². The van der Waals surface area contributed by atoms with Crippen molar-refractivity contribution >= 4 is 23.0 Å². The number of nitrogens with two attached hydrogens (primary N) is 1. The smallest absolute Gasteiger partial charge is 0.245 e. The fourth-order valence-electron chi connectivity index (χ4n) is 2.24. The van der Waals surface area contributed by atoms with E-state index < -0.39 is 0 Å². The molecule has 0 radical (unpaired) electrons. The Kier molecular flexibility index (Phi) is 4.56. The number of hydrogen-bond acceptors (Lipinski definition) is 6. The molecule has 0 fully saturated rings. The Morgan fingerprint density at radius 1 is 1.38 bits per heavy atom. The molecule has 0 saturated heterocycles. The number of nitrogens with zero attached hydrogens (tertiary/aromatic N) is 5. The number of ether oxygens (including phenoxy) is 1. The van der Waals surface area contributed by atoms with Crippen LogP contribution in [0.15, 0.2) is 6.33 Å². The standard InChI is InChI=1S/C13H20N6O2/c1-4-18(5-2)9(20)6-7-19-11-10(17-13(19)14)12(21-3)16-8-15-11/h8H,4-7H2,1-3H3,(H2,14,17). The number of carbonyl (C=O) groups excluding carboxylic acids is 1. The third kappa shape index (κ3) is 2.88. The first-order valence-corrected chi connectivity index (χ1v) is 6.90. The van der Waals surface area contributed by atoms with Gasteiger partial charge in [0.1, 0.15) is 6.33 Å². The summed E-state index contributed by atoms with van der Waals surface area (Å²) in [4.78, 5) is 26.2. The summed E-state index contributed by atoms with van der Waals surface area (Å²) in [5.41, 5.74) is 6.99. The number of aromatic nitrogens is 4. The third-order valence-electron chi connectivity index (χ3n) is 3.39. The lowest BCUT2D eigenvalue weighted by molar-refractivity contribution is -0.131. The van der Waals surface area contributed by atoms with Crippen LogP contribution in [0.25, 0.3) is 11.2 Å².